The Labute approximate surface area is 368 Å². The van der Waals surface area contributed by atoms with Crippen LogP contribution in [0.2, 0.25) is 0 Å². The molecule has 6 N–H and O–H groups in total. The Morgan fingerprint density at radius 2 is 1.05 bits per heavy atom. The molecule has 7 atom stereocenters. The molecule has 1 rings (SSSR count). The normalized spacial score (nSPS) is 20.3. The van der Waals surface area contributed by atoms with Gasteiger partial charge in [0.25, 0.3) is 0 Å². The molecule has 3 unspecified atom stereocenters. The molecule has 61 heavy (non-hydrogen) atoms. The number of carbonyl (C=O) groups excluding carboxylic acids is 3. The van der Waals surface area contributed by atoms with Crippen molar-refractivity contribution in [2.45, 2.75) is 269 Å². The molecule has 1 fully saturated rings. The van der Waals surface area contributed by atoms with Crippen LogP contribution in [0.4, 0.5) is 0 Å². The van der Waals surface area contributed by atoms with Gasteiger partial charge in [0.15, 0.2) is 12.4 Å². The molecular formula is C46H88NO13P. The number of phosphoric ester groups is 1. The van der Waals surface area contributed by atoms with Crippen molar-refractivity contribution in [3.05, 3.63) is 0 Å². The lowest BCUT2D eigenvalue weighted by Crippen LogP contribution is -2.66. The third-order valence-electron chi connectivity index (χ3n) is 11.6. The van der Waals surface area contributed by atoms with Gasteiger partial charge in [0.1, 0.15) is 30.5 Å². The fourth-order valence-corrected chi connectivity index (χ4v) is 8.53. The fraction of sp³-hybridized carbons (Fsp3) is 0.935. The molecule has 360 valence electrons. The molecule has 1 saturated heterocycles. The zero-order valence-electron chi connectivity index (χ0n) is 38.3. The van der Waals surface area contributed by atoms with E-state index in [-0.39, 0.29) is 12.8 Å². The average Bonchev–Trinajstić information content (AvgIpc) is 3.21. The van der Waals surface area contributed by atoms with Crippen molar-refractivity contribution in [3.8, 4) is 0 Å². The molecule has 1 amide bonds. The van der Waals surface area contributed by atoms with Crippen LogP contribution in [0, 0.1) is 0 Å². The van der Waals surface area contributed by atoms with Gasteiger partial charge in [-0.25, -0.2) is 4.57 Å². The molecule has 0 spiro atoms. The van der Waals surface area contributed by atoms with Gasteiger partial charge in [-0.15, -0.1) is 0 Å². The van der Waals surface area contributed by atoms with Gasteiger partial charge >= 0.3 is 19.8 Å². The highest BCUT2D eigenvalue weighted by atomic mass is 31.2. The lowest BCUT2D eigenvalue weighted by atomic mass is 9.96. The number of hydrogen-bond acceptors (Lipinski definition) is 11. The Morgan fingerprint density at radius 1 is 0.623 bits per heavy atom. The summed E-state index contributed by atoms with van der Waals surface area (Å²) in [5.74, 6) is -2.27. The van der Waals surface area contributed by atoms with E-state index in [1.54, 1.807) is 0 Å². The zero-order valence-corrected chi connectivity index (χ0v) is 39.2. The second kappa shape index (κ2) is 36.7. The number of esters is 2. The lowest BCUT2D eigenvalue weighted by Gasteiger charge is -2.44. The quantitative estimate of drug-likeness (QED) is 0.0192. The van der Waals surface area contributed by atoms with Gasteiger partial charge in [-0.1, -0.05) is 188 Å². The molecule has 0 saturated carbocycles. The molecule has 0 aromatic rings. The second-order valence-corrected chi connectivity index (χ2v) is 18.5. The standard InChI is InChI=1S/C46H88NO13P/c1-4-7-10-13-16-19-20-22-25-28-31-34-40(50)57-37(32-29-26-23-21-17-14-11-8-5-2)35-41(51)59-44-42(46(53)58-39(36-48)43(44)60-61(54,55)56)47-45(52)38(49)33-30-27-24-18-15-12-9-6-3/h37-39,42-44,46,48-49,53H,4-36H2,1-3H3,(H,47,52)(H2,54,55,56)/t37?,38?,39-,42-,43-,44-,46?/m1/s1. The highest BCUT2D eigenvalue weighted by molar-refractivity contribution is 7.46. The highest BCUT2D eigenvalue weighted by Crippen LogP contribution is 2.42. The number of aliphatic hydroxyl groups excluding tert-OH is 3. The maximum atomic E-state index is 13.7. The number of hydrogen-bond donors (Lipinski definition) is 6. The van der Waals surface area contributed by atoms with E-state index in [1.807, 2.05) is 0 Å². The molecule has 0 aromatic heterocycles. The summed E-state index contributed by atoms with van der Waals surface area (Å²) in [6.07, 6.45) is 21.2. The van der Waals surface area contributed by atoms with Gasteiger partial charge in [0, 0.05) is 6.42 Å². The van der Waals surface area contributed by atoms with Gasteiger partial charge < -0.3 is 44.6 Å². The van der Waals surface area contributed by atoms with E-state index >= 15 is 0 Å². The summed E-state index contributed by atoms with van der Waals surface area (Å²) in [5.41, 5.74) is 0. The number of ether oxygens (including phenoxy) is 3. The predicted octanol–water partition coefficient (Wildman–Crippen LogP) is 9.39. The Morgan fingerprint density at radius 3 is 1.49 bits per heavy atom. The Kier molecular flexibility index (Phi) is 34.5. The van der Waals surface area contributed by atoms with Crippen molar-refractivity contribution in [2.24, 2.45) is 0 Å². The third kappa shape index (κ3) is 29.4. The Balaban J connectivity index is 2.97. The van der Waals surface area contributed by atoms with E-state index in [0.717, 1.165) is 77.0 Å². The van der Waals surface area contributed by atoms with E-state index in [2.05, 4.69) is 26.1 Å². The first kappa shape index (κ1) is 57.4. The van der Waals surface area contributed by atoms with E-state index in [0.29, 0.717) is 25.7 Å². The minimum absolute atomic E-state index is 0.127. The van der Waals surface area contributed by atoms with Crippen molar-refractivity contribution < 1.29 is 62.8 Å². The van der Waals surface area contributed by atoms with Gasteiger partial charge in [-0.2, -0.15) is 0 Å². The van der Waals surface area contributed by atoms with Crippen LogP contribution in [0.25, 0.3) is 0 Å². The first-order chi connectivity index (χ1) is 29.4. The van der Waals surface area contributed by atoms with Crippen molar-refractivity contribution in [3.63, 3.8) is 0 Å². The molecule has 0 bridgehead atoms. The number of amides is 1. The molecule has 14 nitrogen and oxygen atoms in total. The zero-order chi connectivity index (χ0) is 45.1. The molecule has 0 aromatic carbocycles. The van der Waals surface area contributed by atoms with Crippen molar-refractivity contribution in [1.29, 1.82) is 0 Å². The fourth-order valence-electron chi connectivity index (χ4n) is 7.96. The van der Waals surface area contributed by atoms with Crippen LogP contribution < -0.4 is 5.32 Å². The highest BCUT2D eigenvalue weighted by Gasteiger charge is 2.51. The number of carbonyl (C=O) groups is 3. The van der Waals surface area contributed by atoms with E-state index < -0.39 is 81.5 Å². The SMILES string of the molecule is CCCCCCCCCCCCCC(=O)OC(CCCCCCCCCCC)CC(=O)O[C@H]1[C@H](OP(=O)(O)O)[C@@H](CO)OC(O)[C@@H]1NC(=O)C(O)CCCCCCCCCC. The largest absolute Gasteiger partial charge is 0.470 e. The lowest BCUT2D eigenvalue weighted by molar-refractivity contribution is -0.256. The molecule has 15 heteroatoms. The van der Waals surface area contributed by atoms with Crippen molar-refractivity contribution >= 4 is 25.7 Å². The van der Waals surface area contributed by atoms with E-state index in [4.69, 9.17) is 18.7 Å². The monoisotopic (exact) mass is 894 g/mol. The smallest absolute Gasteiger partial charge is 0.462 e. The second-order valence-electron chi connectivity index (χ2n) is 17.3. The minimum Gasteiger partial charge on any atom is -0.462 e. The summed E-state index contributed by atoms with van der Waals surface area (Å²) in [7, 11) is -5.30. The van der Waals surface area contributed by atoms with Crippen LogP contribution in [-0.2, 0) is 37.7 Å². The van der Waals surface area contributed by atoms with Crippen LogP contribution in [-0.4, -0.2) is 92.4 Å². The van der Waals surface area contributed by atoms with Crippen LogP contribution in [0.5, 0.6) is 0 Å². The topological polar surface area (TPSA) is 218 Å². The molecule has 0 radical (unpaired) electrons. The summed E-state index contributed by atoms with van der Waals surface area (Å²) in [6, 6.07) is -1.64. The minimum atomic E-state index is -5.30. The average molecular weight is 894 g/mol. The molecule has 0 aliphatic carbocycles. The van der Waals surface area contributed by atoms with Gasteiger partial charge in [0.2, 0.25) is 5.91 Å². The summed E-state index contributed by atoms with van der Waals surface area (Å²) in [4.78, 5) is 59.4. The maximum Gasteiger partial charge on any atom is 0.470 e. The molecule has 1 aliphatic heterocycles. The summed E-state index contributed by atoms with van der Waals surface area (Å²) >= 11 is 0. The predicted molar refractivity (Wildman–Crippen MR) is 237 cm³/mol. The van der Waals surface area contributed by atoms with Crippen molar-refractivity contribution in [1.82, 2.24) is 5.32 Å². The van der Waals surface area contributed by atoms with Crippen LogP contribution in [0.15, 0.2) is 0 Å². The first-order valence-corrected chi connectivity index (χ1v) is 25.9. The number of unbranched alkanes of at least 4 members (excludes halogenated alkanes) is 25. The van der Waals surface area contributed by atoms with E-state index in [1.165, 1.54) is 83.5 Å². The van der Waals surface area contributed by atoms with Gasteiger partial charge in [0.05, 0.1) is 13.0 Å². The number of aliphatic hydroxyl groups is 3. The Hall–Kier alpha value is -1.64. The van der Waals surface area contributed by atoms with Gasteiger partial charge in [-0.3, -0.25) is 18.9 Å². The van der Waals surface area contributed by atoms with Crippen LogP contribution >= 0.6 is 7.82 Å². The molecule has 1 heterocycles. The summed E-state index contributed by atoms with van der Waals surface area (Å²) < 4.78 is 34.0. The van der Waals surface area contributed by atoms with Crippen molar-refractivity contribution in [2.75, 3.05) is 6.61 Å². The third-order valence-corrected chi connectivity index (χ3v) is 12.1. The first-order valence-electron chi connectivity index (χ1n) is 24.4. The molecular weight excluding hydrogens is 805 g/mol. The Bertz CT molecular complexity index is 1160. The van der Waals surface area contributed by atoms with E-state index in [9.17, 15) is 44.1 Å². The molecule has 1 aliphatic rings. The summed E-state index contributed by atoms with van der Waals surface area (Å²) in [6.45, 7) is 5.68. The number of rotatable bonds is 40. The van der Waals surface area contributed by atoms with Crippen LogP contribution in [0.1, 0.15) is 226 Å². The summed E-state index contributed by atoms with van der Waals surface area (Å²) in [5, 5.41) is 34.1. The van der Waals surface area contributed by atoms with Crippen LogP contribution in [0.3, 0.4) is 0 Å². The van der Waals surface area contributed by atoms with Gasteiger partial charge in [-0.05, 0) is 25.7 Å². The number of phosphoric acid groups is 1. The maximum absolute atomic E-state index is 13.7. The number of nitrogens with one attached hydrogen (secondary N) is 1.